The van der Waals surface area contributed by atoms with E-state index in [1.54, 1.807) is 0 Å². The highest BCUT2D eigenvalue weighted by Gasteiger charge is 2.38. The van der Waals surface area contributed by atoms with Crippen LogP contribution >= 0.6 is 0 Å². The Kier molecular flexibility index (Phi) is 78.6. The van der Waals surface area contributed by atoms with Crippen LogP contribution < -0.4 is 10.6 Å². The zero-order valence-corrected chi connectivity index (χ0v) is 77.9. The molecule has 2 heterocycles. The van der Waals surface area contributed by atoms with E-state index in [1.165, 1.54) is 335 Å². The molecule has 0 spiro atoms. The average molecular weight is 1610 g/mol. The van der Waals surface area contributed by atoms with Gasteiger partial charge in [0.15, 0.2) is 0 Å². The molecule has 2 rings (SSSR count). The minimum atomic E-state index is -0.532. The molecule has 2 fully saturated rings. The Morgan fingerprint density at radius 3 is 0.728 bits per heavy atom. The molecule has 0 aromatic rings. The summed E-state index contributed by atoms with van der Waals surface area (Å²) in [6.07, 6.45) is 84.4. The maximum absolute atomic E-state index is 13.1. The van der Waals surface area contributed by atoms with E-state index in [0.29, 0.717) is 13.2 Å². The van der Waals surface area contributed by atoms with Gasteiger partial charge in [-0.05, 0) is 219 Å². The van der Waals surface area contributed by atoms with Gasteiger partial charge in [-0.15, -0.1) is 0 Å². The second-order valence-electron chi connectivity index (χ2n) is 37.2. The Bertz CT molecular complexity index is 1950. The highest BCUT2D eigenvalue weighted by atomic mass is 16.5. The van der Waals surface area contributed by atoms with Crippen LogP contribution in [0.5, 0.6) is 0 Å². The van der Waals surface area contributed by atoms with E-state index >= 15 is 0 Å². The van der Waals surface area contributed by atoms with E-state index in [1.807, 2.05) is 0 Å². The van der Waals surface area contributed by atoms with Gasteiger partial charge in [0.1, 0.15) is 0 Å². The van der Waals surface area contributed by atoms with Gasteiger partial charge in [0.25, 0.3) is 0 Å². The molecule has 0 aromatic carbocycles. The molecule has 12 nitrogen and oxygen atoms in total. The van der Waals surface area contributed by atoms with Crippen LogP contribution in [-0.2, 0) is 28.7 Å². The molecule has 4 unspecified atom stereocenters. The van der Waals surface area contributed by atoms with Gasteiger partial charge in [-0.25, -0.2) is 0 Å². The minimum Gasteiger partial charge on any atom is -0.481 e. The fourth-order valence-electron chi connectivity index (χ4n) is 18.6. The Morgan fingerprint density at radius 1 is 0.281 bits per heavy atom. The summed E-state index contributed by atoms with van der Waals surface area (Å²) in [4.78, 5) is 57.2. The predicted molar refractivity (Wildman–Crippen MR) is 492 cm³/mol. The molecule has 676 valence electrons. The van der Waals surface area contributed by atoms with Crippen molar-refractivity contribution in [3.8, 4) is 0 Å². The van der Waals surface area contributed by atoms with Crippen molar-refractivity contribution < 1.29 is 38.9 Å². The van der Waals surface area contributed by atoms with Crippen LogP contribution in [0.4, 0.5) is 0 Å². The molecule has 12 heteroatoms. The number of nitrogens with one attached hydrogen (secondary N) is 2. The van der Waals surface area contributed by atoms with Crippen LogP contribution in [0.25, 0.3) is 0 Å². The summed E-state index contributed by atoms with van der Waals surface area (Å²) in [5, 5.41) is 28.2. The molecular formula is C102H200N4O8. The quantitative estimate of drug-likeness (QED) is 0.0338. The van der Waals surface area contributed by atoms with Crippen molar-refractivity contribution in [1.82, 2.24) is 20.4 Å². The number of piperidine rings is 2. The normalized spacial score (nSPS) is 15.2. The van der Waals surface area contributed by atoms with Crippen molar-refractivity contribution in [1.29, 1.82) is 0 Å². The number of carboxylic acid groups (broad SMARTS) is 2. The number of hydrogen-bond donors (Lipinski definition) is 4. The zero-order valence-electron chi connectivity index (χ0n) is 77.9. The van der Waals surface area contributed by atoms with Gasteiger partial charge in [0.05, 0.1) is 35.9 Å². The van der Waals surface area contributed by atoms with Gasteiger partial charge in [0.2, 0.25) is 0 Å². The number of carbonyl (C=O) groups excluding carboxylic acids is 2. The molecule has 2 saturated heterocycles. The molecule has 0 aliphatic carbocycles. The summed E-state index contributed by atoms with van der Waals surface area (Å²) in [7, 11) is 0. The molecule has 0 bridgehead atoms. The monoisotopic (exact) mass is 1610 g/mol. The van der Waals surface area contributed by atoms with E-state index < -0.39 is 22.8 Å². The van der Waals surface area contributed by atoms with E-state index in [9.17, 15) is 29.4 Å². The van der Waals surface area contributed by atoms with Crippen molar-refractivity contribution in [2.75, 3.05) is 78.7 Å². The molecule has 0 radical (unpaired) electrons. The first-order valence-electron chi connectivity index (χ1n) is 51.5. The number of carboxylic acids is 2. The van der Waals surface area contributed by atoms with Gasteiger partial charge in [-0.3, -0.25) is 19.2 Å². The Labute approximate surface area is 710 Å². The topological polar surface area (TPSA) is 158 Å². The van der Waals surface area contributed by atoms with Crippen molar-refractivity contribution in [2.45, 2.75) is 518 Å². The summed E-state index contributed by atoms with van der Waals surface area (Å²) in [6.45, 7) is 31.0. The van der Waals surface area contributed by atoms with Crippen LogP contribution in [0.2, 0.25) is 0 Å². The highest BCUT2D eigenvalue weighted by molar-refractivity contribution is 5.75. The minimum absolute atomic E-state index is 0.0767. The third kappa shape index (κ3) is 62.8. The Morgan fingerprint density at radius 2 is 0.482 bits per heavy atom. The summed E-state index contributed by atoms with van der Waals surface area (Å²) in [5.41, 5.74) is -1.04. The van der Waals surface area contributed by atoms with Crippen molar-refractivity contribution in [2.24, 2.45) is 34.5 Å². The van der Waals surface area contributed by atoms with Crippen LogP contribution in [0.15, 0.2) is 0 Å². The van der Waals surface area contributed by atoms with Gasteiger partial charge in [0, 0.05) is 0 Å². The standard InChI is InChI=1S/2C51H100N2O4/c1-5-9-13-17-19-27-38-50(48(54)55,36-25-15-11-7-3)40-29-21-23-31-44-53(46-35-47-33-42-52-43-34-47)45-32-24-22-30-41-51(49(56)57,37-26-16-12-8-4)39-28-20-18-14-10-6-2;1-5-9-13-17-19-27-35-48(33-25-15-11-7-3)50(54)56-45-31-23-21-29-42-53(44-39-47-37-40-52-41-38-47)43-30-22-24-32-46-57-51(55)49(34-26-16-12-8-4)36-28-20-18-14-10-6-2/h47,52H,5-46H2,1-4H3,(H,54,55)(H,56,57);47-49,52H,5-46H2,1-4H3. The average Bonchev–Trinajstić information content (AvgIpc) is 0.851. The number of aliphatic carboxylic acids is 2. The lowest BCUT2D eigenvalue weighted by molar-refractivity contribution is -0.151. The Hall–Kier alpha value is -2.28. The molecule has 0 saturated carbocycles. The molecule has 2 aliphatic heterocycles. The number of ether oxygens (including phenoxy) is 2. The number of carbonyl (C=O) groups is 4. The number of esters is 2. The lowest BCUT2D eigenvalue weighted by Crippen LogP contribution is -2.32. The molecule has 4 atom stereocenters. The van der Waals surface area contributed by atoms with Crippen LogP contribution in [0, 0.1) is 34.5 Å². The third-order valence-electron chi connectivity index (χ3n) is 26.8. The highest BCUT2D eigenvalue weighted by Crippen LogP contribution is 2.40. The largest absolute Gasteiger partial charge is 0.481 e. The smallest absolute Gasteiger partial charge is 0.309 e. The van der Waals surface area contributed by atoms with E-state index in [4.69, 9.17) is 9.47 Å². The summed E-state index contributed by atoms with van der Waals surface area (Å²) in [6, 6.07) is 0. The van der Waals surface area contributed by atoms with Crippen molar-refractivity contribution in [3.63, 3.8) is 0 Å². The van der Waals surface area contributed by atoms with Crippen LogP contribution in [0.3, 0.4) is 0 Å². The molecule has 4 N–H and O–H groups in total. The number of rotatable bonds is 86. The van der Waals surface area contributed by atoms with Crippen LogP contribution in [-0.4, -0.2) is 123 Å². The predicted octanol–water partition coefficient (Wildman–Crippen LogP) is 29.7. The lowest BCUT2D eigenvalue weighted by Gasteiger charge is -2.30. The maximum Gasteiger partial charge on any atom is 0.309 e. The molecular weight excluding hydrogens is 1410 g/mol. The molecule has 0 aromatic heterocycles. The van der Waals surface area contributed by atoms with E-state index in [-0.39, 0.29) is 23.8 Å². The van der Waals surface area contributed by atoms with Gasteiger partial charge in [-0.1, -0.05) is 376 Å². The van der Waals surface area contributed by atoms with Gasteiger partial charge in [-0.2, -0.15) is 0 Å². The fourth-order valence-corrected chi connectivity index (χ4v) is 18.6. The van der Waals surface area contributed by atoms with Gasteiger partial charge < -0.3 is 40.1 Å². The van der Waals surface area contributed by atoms with E-state index in [2.05, 4.69) is 75.8 Å². The van der Waals surface area contributed by atoms with Crippen molar-refractivity contribution in [3.05, 3.63) is 0 Å². The van der Waals surface area contributed by atoms with Crippen LogP contribution in [0.1, 0.15) is 518 Å². The Balaban J connectivity index is 0.00000114. The first-order chi connectivity index (χ1) is 55.8. The first kappa shape index (κ1) is 110. The second kappa shape index (κ2) is 81.7. The van der Waals surface area contributed by atoms with Crippen molar-refractivity contribution >= 4 is 23.9 Å². The van der Waals surface area contributed by atoms with E-state index in [0.717, 1.165) is 205 Å². The molecule has 114 heavy (non-hydrogen) atoms. The second-order valence-corrected chi connectivity index (χ2v) is 37.2. The van der Waals surface area contributed by atoms with Gasteiger partial charge >= 0.3 is 23.9 Å². The number of nitrogens with zero attached hydrogens (tertiary/aromatic N) is 2. The zero-order chi connectivity index (χ0) is 83.0. The first-order valence-corrected chi connectivity index (χ1v) is 51.5. The fraction of sp³-hybridized carbons (Fsp3) is 0.961. The third-order valence-corrected chi connectivity index (χ3v) is 26.8. The summed E-state index contributed by atoms with van der Waals surface area (Å²) in [5.74, 6) is 1.01. The summed E-state index contributed by atoms with van der Waals surface area (Å²) < 4.78 is 11.8. The number of unbranched alkanes of at least 4 members (excludes halogenated alkanes) is 44. The lowest BCUT2D eigenvalue weighted by atomic mass is 9.74. The molecule has 2 aliphatic rings. The molecule has 0 amide bonds. The summed E-state index contributed by atoms with van der Waals surface area (Å²) >= 11 is 0. The maximum atomic E-state index is 13.1. The number of hydrogen-bond acceptors (Lipinski definition) is 10. The SMILES string of the molecule is CCCCCCCCC(CCCCCC)(CCCCCCN(CCCCCCC(CCCCCC)(CCCCCCCC)C(=O)O)CCC1CCNCC1)C(=O)O.CCCCCCCCC(CCCCCC)C(=O)OCCCCCCN(CCCCCCOC(=O)C(CCCCCC)CCCCCCCC)CCC1CCNCC1.